The zero-order chi connectivity index (χ0) is 14.1. The van der Waals surface area contributed by atoms with Crippen molar-refractivity contribution in [2.75, 3.05) is 0 Å². The van der Waals surface area contributed by atoms with Gasteiger partial charge in [-0.15, -0.1) is 0 Å². The Morgan fingerprint density at radius 3 is 2.70 bits per heavy atom. The smallest absolute Gasteiger partial charge is 0.343 e. The molecule has 1 N–H and O–H groups in total. The Morgan fingerprint density at radius 1 is 1.25 bits per heavy atom. The highest BCUT2D eigenvalue weighted by Gasteiger charge is 2.41. The minimum atomic E-state index is -0.399. The summed E-state index contributed by atoms with van der Waals surface area (Å²) in [6.07, 6.45) is 3.56. The first kappa shape index (κ1) is 13.0. The summed E-state index contributed by atoms with van der Waals surface area (Å²) in [4.78, 5) is 12.0. The molecule has 1 atom stereocenters. The van der Waals surface area contributed by atoms with Crippen LogP contribution < -0.4 is 5.63 Å². The van der Waals surface area contributed by atoms with E-state index in [9.17, 15) is 9.90 Å². The number of benzene rings is 1. The molecule has 20 heavy (non-hydrogen) atoms. The molecule has 0 saturated heterocycles. The molecule has 0 saturated carbocycles. The zero-order valence-electron chi connectivity index (χ0n) is 11.6. The third-order valence-corrected chi connectivity index (χ3v) is 3.91. The molecule has 0 aliphatic heterocycles. The van der Waals surface area contributed by atoms with Gasteiger partial charge in [-0.2, -0.15) is 0 Å². The second-order valence-corrected chi connectivity index (χ2v) is 5.35. The van der Waals surface area contributed by atoms with Gasteiger partial charge in [0.15, 0.2) is 0 Å². The van der Waals surface area contributed by atoms with E-state index >= 15 is 0 Å². The molecule has 2 aromatic rings. The summed E-state index contributed by atoms with van der Waals surface area (Å²) in [6.45, 7) is 2.13. The first-order valence-electron chi connectivity index (χ1n) is 7.15. The lowest BCUT2D eigenvalue weighted by Crippen LogP contribution is -2.07. The SMILES string of the molecule is CCCCC1c2oc(=O)c(Cc3ccccc3)c(O)c21. The third kappa shape index (κ3) is 2.24. The van der Waals surface area contributed by atoms with Crippen LogP contribution >= 0.6 is 0 Å². The molecule has 3 nitrogen and oxygen atoms in total. The van der Waals surface area contributed by atoms with Gasteiger partial charge >= 0.3 is 5.63 Å². The van der Waals surface area contributed by atoms with E-state index in [4.69, 9.17) is 4.42 Å². The Balaban J connectivity index is 1.88. The number of rotatable bonds is 5. The van der Waals surface area contributed by atoms with Gasteiger partial charge in [-0.25, -0.2) is 4.79 Å². The number of unbranched alkanes of at least 4 members (excludes halogenated alkanes) is 1. The van der Waals surface area contributed by atoms with E-state index in [-0.39, 0.29) is 11.7 Å². The summed E-state index contributed by atoms with van der Waals surface area (Å²) < 4.78 is 5.35. The standard InChI is InChI=1S/C17H18O3/c1-2-3-9-12-14-15(18)13(17(19)20-16(12)14)10-11-7-5-4-6-8-11/h4-8,12,18H,2-3,9-10H2,1H3. The van der Waals surface area contributed by atoms with E-state index in [0.717, 1.165) is 30.4 Å². The third-order valence-electron chi connectivity index (χ3n) is 3.91. The van der Waals surface area contributed by atoms with Crippen LogP contribution in [0.25, 0.3) is 0 Å². The van der Waals surface area contributed by atoms with E-state index in [2.05, 4.69) is 6.92 Å². The number of fused-ring (bicyclic) bond motifs is 1. The molecule has 1 aromatic carbocycles. The van der Waals surface area contributed by atoms with Gasteiger partial charge in [0.25, 0.3) is 0 Å². The molecule has 1 aromatic heterocycles. The largest absolute Gasteiger partial charge is 0.507 e. The molecular weight excluding hydrogens is 252 g/mol. The summed E-state index contributed by atoms with van der Waals surface area (Å²) in [5.41, 5.74) is 1.84. The van der Waals surface area contributed by atoms with Gasteiger partial charge in [0.1, 0.15) is 11.5 Å². The molecule has 0 spiro atoms. The predicted molar refractivity (Wildman–Crippen MR) is 77.3 cm³/mol. The molecule has 3 heteroatoms. The Hall–Kier alpha value is -2.03. The molecule has 1 heterocycles. The van der Waals surface area contributed by atoms with Gasteiger partial charge in [-0.05, 0) is 12.0 Å². The molecule has 0 fully saturated rings. The average Bonchev–Trinajstić information content (AvgIpc) is 3.15. The fourth-order valence-electron chi connectivity index (χ4n) is 2.71. The molecule has 1 aliphatic rings. The van der Waals surface area contributed by atoms with E-state index in [1.54, 1.807) is 0 Å². The van der Waals surface area contributed by atoms with Gasteiger partial charge in [-0.3, -0.25) is 0 Å². The van der Waals surface area contributed by atoms with Crippen molar-refractivity contribution in [2.24, 2.45) is 0 Å². The van der Waals surface area contributed by atoms with Gasteiger partial charge in [0, 0.05) is 17.9 Å². The lowest BCUT2D eigenvalue weighted by Gasteiger charge is -2.01. The van der Waals surface area contributed by atoms with E-state index in [0.29, 0.717) is 17.7 Å². The Bertz CT molecular complexity index is 671. The van der Waals surface area contributed by atoms with Crippen molar-refractivity contribution in [1.82, 2.24) is 0 Å². The lowest BCUT2D eigenvalue weighted by molar-refractivity contribution is 0.442. The monoisotopic (exact) mass is 270 g/mol. The fraction of sp³-hybridized carbons (Fsp3) is 0.353. The van der Waals surface area contributed by atoms with Gasteiger partial charge in [0.2, 0.25) is 0 Å². The Labute approximate surface area is 117 Å². The van der Waals surface area contributed by atoms with Gasteiger partial charge < -0.3 is 9.52 Å². The van der Waals surface area contributed by atoms with E-state index in [1.165, 1.54) is 0 Å². The van der Waals surface area contributed by atoms with Crippen molar-refractivity contribution in [3.05, 3.63) is 63.2 Å². The number of aromatic hydroxyl groups is 1. The van der Waals surface area contributed by atoms with Crippen LogP contribution in [-0.4, -0.2) is 5.11 Å². The minimum Gasteiger partial charge on any atom is -0.507 e. The van der Waals surface area contributed by atoms with Crippen LogP contribution in [0.3, 0.4) is 0 Å². The Morgan fingerprint density at radius 2 is 2.00 bits per heavy atom. The van der Waals surface area contributed by atoms with E-state index < -0.39 is 5.63 Å². The van der Waals surface area contributed by atoms with Crippen LogP contribution in [0.1, 0.15) is 54.6 Å². The highest BCUT2D eigenvalue weighted by atomic mass is 16.4. The predicted octanol–water partition coefficient (Wildman–Crippen LogP) is 3.57. The van der Waals surface area contributed by atoms with Crippen LogP contribution in [0.2, 0.25) is 0 Å². The molecule has 104 valence electrons. The summed E-state index contributed by atoms with van der Waals surface area (Å²) in [5, 5.41) is 10.3. The molecule has 0 radical (unpaired) electrons. The summed E-state index contributed by atoms with van der Waals surface area (Å²) in [5.74, 6) is 1.01. The van der Waals surface area contributed by atoms with Gasteiger partial charge in [-0.1, -0.05) is 50.1 Å². The van der Waals surface area contributed by atoms with E-state index in [1.807, 2.05) is 30.3 Å². The van der Waals surface area contributed by atoms with Crippen molar-refractivity contribution in [3.63, 3.8) is 0 Å². The molecule has 0 amide bonds. The van der Waals surface area contributed by atoms with Crippen molar-refractivity contribution in [1.29, 1.82) is 0 Å². The van der Waals surface area contributed by atoms with Crippen molar-refractivity contribution >= 4 is 0 Å². The maximum atomic E-state index is 12.0. The average molecular weight is 270 g/mol. The van der Waals surface area contributed by atoms with Crippen LogP contribution in [-0.2, 0) is 6.42 Å². The first-order valence-corrected chi connectivity index (χ1v) is 7.15. The van der Waals surface area contributed by atoms with Crippen LogP contribution in [0.4, 0.5) is 0 Å². The van der Waals surface area contributed by atoms with Crippen molar-refractivity contribution in [2.45, 2.75) is 38.5 Å². The number of hydrogen-bond acceptors (Lipinski definition) is 3. The molecule has 3 rings (SSSR count). The molecule has 0 bridgehead atoms. The lowest BCUT2D eigenvalue weighted by atomic mass is 10.1. The van der Waals surface area contributed by atoms with Crippen molar-refractivity contribution in [3.8, 4) is 5.75 Å². The number of hydrogen-bond donors (Lipinski definition) is 1. The zero-order valence-corrected chi connectivity index (χ0v) is 11.6. The molecule has 1 unspecified atom stereocenters. The Kier molecular flexibility index (Phi) is 3.35. The second-order valence-electron chi connectivity index (χ2n) is 5.35. The maximum Gasteiger partial charge on any atom is 0.343 e. The van der Waals surface area contributed by atoms with Crippen LogP contribution in [0.15, 0.2) is 39.5 Å². The van der Waals surface area contributed by atoms with Crippen LogP contribution in [0.5, 0.6) is 5.75 Å². The molecular formula is C17H18O3. The van der Waals surface area contributed by atoms with Crippen LogP contribution in [0, 0.1) is 0 Å². The van der Waals surface area contributed by atoms with Gasteiger partial charge in [0.05, 0.1) is 5.56 Å². The summed E-state index contributed by atoms with van der Waals surface area (Å²) in [6, 6.07) is 9.66. The highest BCUT2D eigenvalue weighted by molar-refractivity contribution is 5.57. The summed E-state index contributed by atoms with van der Waals surface area (Å²) >= 11 is 0. The maximum absolute atomic E-state index is 12.0. The fourth-order valence-corrected chi connectivity index (χ4v) is 2.71. The first-order chi connectivity index (χ1) is 9.72. The molecule has 1 aliphatic carbocycles. The topological polar surface area (TPSA) is 50.4 Å². The van der Waals surface area contributed by atoms with Crippen molar-refractivity contribution < 1.29 is 9.52 Å². The second kappa shape index (κ2) is 5.16. The minimum absolute atomic E-state index is 0.154. The summed E-state index contributed by atoms with van der Waals surface area (Å²) in [7, 11) is 0. The highest BCUT2D eigenvalue weighted by Crippen LogP contribution is 2.52. The normalized spacial score (nSPS) is 15.9. The quantitative estimate of drug-likeness (QED) is 0.903.